The van der Waals surface area contributed by atoms with Crippen LogP contribution in [0.1, 0.15) is 61.5 Å². The van der Waals surface area contributed by atoms with E-state index in [-0.39, 0.29) is 24.4 Å². The first-order valence-corrected chi connectivity index (χ1v) is 10.6. The molecule has 2 unspecified atom stereocenters. The maximum Gasteiger partial charge on any atom is 0.352 e. The molecule has 3 heterocycles. The molecule has 2 atom stereocenters. The van der Waals surface area contributed by atoms with Gasteiger partial charge in [-0.15, -0.1) is 0 Å². The van der Waals surface area contributed by atoms with Crippen LogP contribution in [0.2, 0.25) is 0 Å². The molecule has 7 nitrogen and oxygen atoms in total. The number of fused-ring (bicyclic) bond motifs is 2. The minimum Gasteiger partial charge on any atom is -0.393 e. The summed E-state index contributed by atoms with van der Waals surface area (Å²) in [6.45, 7) is 3.80. The van der Waals surface area contributed by atoms with E-state index in [0.717, 1.165) is 23.1 Å². The molecular weight excluding hydrogens is 425 g/mol. The fourth-order valence-corrected chi connectivity index (χ4v) is 4.55. The Hall–Kier alpha value is -2.88. The first kappa shape index (κ1) is 22.3. The Morgan fingerprint density at radius 2 is 1.88 bits per heavy atom. The predicted molar refractivity (Wildman–Crippen MR) is 110 cm³/mol. The molecule has 0 radical (unpaired) electrons. The van der Waals surface area contributed by atoms with Crippen LogP contribution in [0.4, 0.5) is 18.9 Å². The molecule has 2 saturated heterocycles. The number of halogens is 3. The molecule has 2 aliphatic rings. The van der Waals surface area contributed by atoms with Crippen molar-refractivity contribution in [2.24, 2.45) is 0 Å². The van der Waals surface area contributed by atoms with Crippen molar-refractivity contribution in [1.29, 1.82) is 0 Å². The number of carbonyl (C=O) groups excluding carboxylic acids is 2. The van der Waals surface area contributed by atoms with Crippen LogP contribution in [0.5, 0.6) is 0 Å². The fourth-order valence-electron chi connectivity index (χ4n) is 4.55. The van der Waals surface area contributed by atoms with Crippen LogP contribution in [0.25, 0.3) is 0 Å². The van der Waals surface area contributed by atoms with Gasteiger partial charge in [-0.25, -0.2) is 4.39 Å². The number of aliphatic hydroxyl groups is 1. The van der Waals surface area contributed by atoms with Gasteiger partial charge in [0.05, 0.1) is 23.6 Å². The van der Waals surface area contributed by atoms with E-state index < -0.39 is 47.3 Å². The van der Waals surface area contributed by atoms with Crippen LogP contribution < -0.4 is 5.32 Å². The molecule has 1 aromatic heterocycles. The molecule has 172 valence electrons. The second-order valence-electron chi connectivity index (χ2n) is 8.75. The summed E-state index contributed by atoms with van der Waals surface area (Å²) < 4.78 is 46.4. The maximum atomic E-state index is 15.2. The highest BCUT2D eigenvalue weighted by Gasteiger charge is 2.53. The summed E-state index contributed by atoms with van der Waals surface area (Å²) in [6.07, 6.45) is 3.89. The van der Waals surface area contributed by atoms with Gasteiger partial charge in [-0.3, -0.25) is 14.3 Å². The Balaban J connectivity index is 1.57. The number of nitrogens with zero attached hydrogens (tertiary/aromatic N) is 3. The molecule has 4 rings (SSSR count). The molecule has 2 amide bonds. The van der Waals surface area contributed by atoms with E-state index in [1.54, 1.807) is 10.9 Å². The molecule has 0 spiro atoms. The molecular formula is C22H25F3N4O3. The fraction of sp³-hybridized carbons (Fsp3) is 0.500. The number of piperidine rings is 1. The summed E-state index contributed by atoms with van der Waals surface area (Å²) in [5.74, 6) is -7.63. The van der Waals surface area contributed by atoms with Crippen LogP contribution in [-0.2, 0) is 10.7 Å². The van der Waals surface area contributed by atoms with Gasteiger partial charge in [0.1, 0.15) is 5.82 Å². The SMILES string of the molecule is CC(C)n1cc(NC(=O)c2ccc(F)c(C(F)(F)C(=O)N3C4CCC3CC(O)C4)c2)cn1. The van der Waals surface area contributed by atoms with Crippen LogP contribution in [0.15, 0.2) is 30.6 Å². The van der Waals surface area contributed by atoms with Crippen LogP contribution >= 0.6 is 0 Å². The van der Waals surface area contributed by atoms with Crippen LogP contribution in [0.3, 0.4) is 0 Å². The van der Waals surface area contributed by atoms with Gasteiger partial charge in [0, 0.05) is 29.9 Å². The Bertz CT molecular complexity index is 1030. The number of alkyl halides is 2. The number of aromatic nitrogens is 2. The normalized spacial score (nSPS) is 23.0. The minimum atomic E-state index is -4.15. The van der Waals surface area contributed by atoms with E-state index >= 15 is 8.78 Å². The standard InChI is InChI=1S/C22H25F3N4O3/c1-12(2)28-11-14(10-26-28)27-20(31)13-3-6-19(23)18(7-13)22(24,25)21(32)29-15-4-5-16(29)9-17(30)8-15/h3,6-7,10-12,15-17,30H,4-5,8-9H2,1-2H3,(H,27,31). The Morgan fingerprint density at radius 1 is 1.22 bits per heavy atom. The van der Waals surface area contributed by atoms with Crippen molar-refractivity contribution >= 4 is 17.5 Å². The summed E-state index contributed by atoms with van der Waals surface area (Å²) >= 11 is 0. The van der Waals surface area contributed by atoms with Gasteiger partial charge in [-0.1, -0.05) is 0 Å². The molecule has 10 heteroatoms. The second-order valence-corrected chi connectivity index (χ2v) is 8.75. The number of anilines is 1. The average Bonchev–Trinajstić information content (AvgIpc) is 3.30. The lowest BCUT2D eigenvalue weighted by Crippen LogP contribution is -2.53. The number of aliphatic hydroxyl groups excluding tert-OH is 1. The molecule has 0 saturated carbocycles. The van der Waals surface area contributed by atoms with Crippen molar-refractivity contribution in [3.05, 3.63) is 47.5 Å². The van der Waals surface area contributed by atoms with Gasteiger partial charge in [0.2, 0.25) is 0 Å². The third kappa shape index (κ3) is 3.99. The Morgan fingerprint density at radius 3 is 2.47 bits per heavy atom. The zero-order chi connectivity index (χ0) is 23.2. The van der Waals surface area contributed by atoms with Gasteiger partial charge < -0.3 is 15.3 Å². The first-order chi connectivity index (χ1) is 15.1. The van der Waals surface area contributed by atoms with E-state index in [0.29, 0.717) is 18.5 Å². The number of nitrogens with one attached hydrogen (secondary N) is 1. The summed E-state index contributed by atoms with van der Waals surface area (Å²) in [4.78, 5) is 26.5. The highest BCUT2D eigenvalue weighted by Crippen LogP contribution is 2.41. The number of hydrogen-bond acceptors (Lipinski definition) is 4. The second kappa shape index (κ2) is 8.23. The van der Waals surface area contributed by atoms with Crippen molar-refractivity contribution in [3.8, 4) is 0 Å². The Kier molecular flexibility index (Phi) is 5.74. The molecule has 2 aromatic rings. The van der Waals surface area contributed by atoms with Crippen molar-refractivity contribution < 1.29 is 27.9 Å². The van der Waals surface area contributed by atoms with E-state index in [9.17, 15) is 19.1 Å². The predicted octanol–water partition coefficient (Wildman–Crippen LogP) is 3.46. The number of carbonyl (C=O) groups is 2. The van der Waals surface area contributed by atoms with Gasteiger partial charge in [-0.05, 0) is 57.7 Å². The van der Waals surface area contributed by atoms with Gasteiger partial charge in [0.25, 0.3) is 11.8 Å². The lowest BCUT2D eigenvalue weighted by molar-refractivity contribution is -0.166. The average molecular weight is 450 g/mol. The molecule has 2 fully saturated rings. The van der Waals surface area contributed by atoms with Crippen LogP contribution in [-0.4, -0.2) is 49.8 Å². The van der Waals surface area contributed by atoms with Crippen molar-refractivity contribution in [2.75, 3.05) is 5.32 Å². The molecule has 2 bridgehead atoms. The molecule has 2 N–H and O–H groups in total. The maximum absolute atomic E-state index is 15.2. The van der Waals surface area contributed by atoms with Crippen molar-refractivity contribution in [3.63, 3.8) is 0 Å². The topological polar surface area (TPSA) is 87.5 Å². The third-order valence-electron chi connectivity index (χ3n) is 6.17. The summed E-state index contributed by atoms with van der Waals surface area (Å²) in [5.41, 5.74) is -0.984. The first-order valence-electron chi connectivity index (χ1n) is 10.6. The quantitative estimate of drug-likeness (QED) is 0.731. The smallest absolute Gasteiger partial charge is 0.352 e. The van der Waals surface area contributed by atoms with Gasteiger partial charge in [0.15, 0.2) is 0 Å². The third-order valence-corrected chi connectivity index (χ3v) is 6.17. The number of hydrogen-bond donors (Lipinski definition) is 2. The zero-order valence-corrected chi connectivity index (χ0v) is 17.8. The van der Waals surface area contributed by atoms with Gasteiger partial charge in [-0.2, -0.15) is 13.9 Å². The Labute approximate surface area is 183 Å². The monoisotopic (exact) mass is 450 g/mol. The number of rotatable bonds is 5. The minimum absolute atomic E-state index is 0.0639. The number of amides is 2. The highest BCUT2D eigenvalue weighted by molar-refractivity contribution is 6.04. The molecule has 0 aliphatic carbocycles. The van der Waals surface area contributed by atoms with E-state index in [1.165, 1.54) is 6.20 Å². The van der Waals surface area contributed by atoms with E-state index in [1.807, 2.05) is 13.8 Å². The molecule has 2 aliphatic heterocycles. The summed E-state index contributed by atoms with van der Waals surface area (Å²) in [6, 6.07) is 1.65. The van der Waals surface area contributed by atoms with Crippen LogP contribution in [0, 0.1) is 5.82 Å². The lowest BCUT2D eigenvalue weighted by Gasteiger charge is -2.39. The van der Waals surface area contributed by atoms with E-state index in [4.69, 9.17) is 0 Å². The largest absolute Gasteiger partial charge is 0.393 e. The van der Waals surface area contributed by atoms with E-state index in [2.05, 4.69) is 10.4 Å². The van der Waals surface area contributed by atoms with Crippen molar-refractivity contribution in [1.82, 2.24) is 14.7 Å². The number of benzene rings is 1. The zero-order valence-electron chi connectivity index (χ0n) is 17.8. The van der Waals surface area contributed by atoms with Gasteiger partial charge >= 0.3 is 5.92 Å². The highest BCUT2D eigenvalue weighted by atomic mass is 19.3. The summed E-state index contributed by atoms with van der Waals surface area (Å²) in [5, 5.41) is 16.5. The molecule has 32 heavy (non-hydrogen) atoms. The summed E-state index contributed by atoms with van der Waals surface area (Å²) in [7, 11) is 0. The van der Waals surface area contributed by atoms with Crippen molar-refractivity contribution in [2.45, 2.75) is 69.7 Å². The lowest BCUT2D eigenvalue weighted by atomic mass is 9.96. The molecule has 1 aromatic carbocycles.